The number of nitrogens with zero attached hydrogens (tertiary/aromatic N) is 8. The lowest BCUT2D eigenvalue weighted by molar-refractivity contribution is -0.137. The minimum atomic E-state index is -0.799. The predicted octanol–water partition coefficient (Wildman–Crippen LogP) is 2.64. The first-order valence-electron chi connectivity index (χ1n) is 14.1. The van der Waals surface area contributed by atoms with Gasteiger partial charge in [0.1, 0.15) is 5.75 Å². The Hall–Kier alpha value is -4.39. The summed E-state index contributed by atoms with van der Waals surface area (Å²) in [6.07, 6.45) is 4.41. The largest absolute Gasteiger partial charge is 0.491 e. The van der Waals surface area contributed by atoms with Crippen LogP contribution in [0.2, 0.25) is 0 Å². The maximum atomic E-state index is 10.8. The number of nitrogen functional groups attached to an aromatic ring is 1. The monoisotopic (exact) mass is 561 g/mol. The van der Waals surface area contributed by atoms with E-state index in [0.29, 0.717) is 42.3 Å². The van der Waals surface area contributed by atoms with E-state index < -0.39 is 5.97 Å². The van der Waals surface area contributed by atoms with Crippen LogP contribution in [-0.2, 0) is 4.79 Å². The minimum Gasteiger partial charge on any atom is -0.491 e. The van der Waals surface area contributed by atoms with E-state index in [0.717, 1.165) is 70.1 Å². The number of carboxylic acids is 1. The molecule has 0 aliphatic carbocycles. The molecule has 0 spiro atoms. The van der Waals surface area contributed by atoms with Gasteiger partial charge in [-0.15, -0.1) is 5.10 Å². The van der Waals surface area contributed by atoms with Crippen LogP contribution in [0.5, 0.6) is 5.75 Å². The van der Waals surface area contributed by atoms with E-state index in [-0.39, 0.29) is 12.4 Å². The van der Waals surface area contributed by atoms with Gasteiger partial charge in [0.05, 0.1) is 18.6 Å². The highest BCUT2D eigenvalue weighted by Gasteiger charge is 2.27. The Morgan fingerprint density at radius 1 is 1.05 bits per heavy atom. The van der Waals surface area contributed by atoms with Crippen molar-refractivity contribution < 1.29 is 19.1 Å². The average molecular weight is 562 g/mol. The lowest BCUT2D eigenvalue weighted by atomic mass is 9.97. The van der Waals surface area contributed by atoms with E-state index in [4.69, 9.17) is 20.0 Å². The number of carboxylic acid groups (broad SMARTS) is 1. The fourth-order valence-electron chi connectivity index (χ4n) is 5.62. The SMILES string of the molecule is Nc1nc(N2CCC[C@@H](CN3CCN(c4ccccc4OCCCC(=O)O)CC3)C2)nc2nc(-c3ccco3)nn12. The minimum absolute atomic E-state index is 0.112. The van der Waals surface area contributed by atoms with Gasteiger partial charge in [0.2, 0.25) is 17.7 Å². The molecule has 3 N–H and O–H groups in total. The predicted molar refractivity (Wildman–Crippen MR) is 153 cm³/mol. The van der Waals surface area contributed by atoms with Crippen LogP contribution in [0.3, 0.4) is 0 Å². The van der Waals surface area contributed by atoms with Gasteiger partial charge in [-0.1, -0.05) is 12.1 Å². The number of para-hydroxylation sites is 2. The number of aromatic nitrogens is 5. The van der Waals surface area contributed by atoms with Gasteiger partial charge in [0.15, 0.2) is 5.76 Å². The van der Waals surface area contributed by atoms with Gasteiger partial charge in [0, 0.05) is 52.2 Å². The number of hydrogen-bond acceptors (Lipinski definition) is 11. The number of benzene rings is 1. The Kier molecular flexibility index (Phi) is 7.85. The number of piperazine rings is 1. The number of furan rings is 1. The first-order valence-corrected chi connectivity index (χ1v) is 14.1. The lowest BCUT2D eigenvalue weighted by Crippen LogP contribution is -2.50. The highest BCUT2D eigenvalue weighted by Crippen LogP contribution is 2.30. The number of rotatable bonds is 10. The number of hydrogen-bond donors (Lipinski definition) is 2. The molecule has 0 unspecified atom stereocenters. The molecule has 5 heterocycles. The number of carbonyl (C=O) groups is 1. The standard InChI is InChI=1S/C28H35N9O4/c29-26-31-27(32-28-30-25(33-37(26)28)23-9-4-16-41-23)36-11-3-6-20(19-36)18-34-12-14-35(15-13-34)21-7-1-2-8-22(21)40-17-5-10-24(38)39/h1-2,4,7-9,16,20H,3,5-6,10-15,17-19H2,(H,38,39)(H2,29,30,31,32,33)/t20-/m0/s1. The Balaban J connectivity index is 1.04. The smallest absolute Gasteiger partial charge is 0.303 e. The number of piperidine rings is 1. The summed E-state index contributed by atoms with van der Waals surface area (Å²) in [5, 5.41) is 13.3. The second-order valence-corrected chi connectivity index (χ2v) is 10.6. The van der Waals surface area contributed by atoms with E-state index >= 15 is 0 Å². The molecule has 0 radical (unpaired) electrons. The van der Waals surface area contributed by atoms with Crippen LogP contribution >= 0.6 is 0 Å². The normalized spacial score (nSPS) is 18.2. The molecule has 0 amide bonds. The summed E-state index contributed by atoms with van der Waals surface area (Å²) in [5.41, 5.74) is 7.31. The van der Waals surface area contributed by atoms with Crippen molar-refractivity contribution in [2.75, 3.05) is 68.0 Å². The summed E-state index contributed by atoms with van der Waals surface area (Å²) in [7, 11) is 0. The summed E-state index contributed by atoms with van der Waals surface area (Å²) in [4.78, 5) is 31.6. The zero-order chi connectivity index (χ0) is 28.2. The number of ether oxygens (including phenoxy) is 1. The maximum absolute atomic E-state index is 10.8. The Bertz CT molecular complexity index is 1470. The van der Waals surface area contributed by atoms with E-state index in [1.165, 1.54) is 4.52 Å². The van der Waals surface area contributed by atoms with Crippen molar-refractivity contribution in [1.82, 2.24) is 29.5 Å². The van der Waals surface area contributed by atoms with Crippen LogP contribution in [0.25, 0.3) is 17.4 Å². The third-order valence-electron chi connectivity index (χ3n) is 7.65. The second kappa shape index (κ2) is 12.0. The quantitative estimate of drug-likeness (QED) is 0.274. The van der Waals surface area contributed by atoms with Crippen molar-refractivity contribution in [1.29, 1.82) is 0 Å². The van der Waals surface area contributed by atoms with Gasteiger partial charge in [-0.25, -0.2) is 0 Å². The molecule has 3 aromatic heterocycles. The Morgan fingerprint density at radius 3 is 2.71 bits per heavy atom. The molecular weight excluding hydrogens is 526 g/mol. The molecule has 2 fully saturated rings. The van der Waals surface area contributed by atoms with E-state index in [1.807, 2.05) is 18.2 Å². The van der Waals surface area contributed by atoms with Gasteiger partial charge >= 0.3 is 5.97 Å². The molecule has 0 saturated carbocycles. The van der Waals surface area contributed by atoms with Gasteiger partial charge in [-0.2, -0.15) is 19.5 Å². The van der Waals surface area contributed by atoms with Gasteiger partial charge in [-0.3, -0.25) is 9.69 Å². The van der Waals surface area contributed by atoms with Gasteiger partial charge < -0.3 is 29.8 Å². The molecule has 4 aromatic rings. The average Bonchev–Trinajstić information content (AvgIpc) is 3.67. The van der Waals surface area contributed by atoms with Crippen LogP contribution in [0, 0.1) is 5.92 Å². The summed E-state index contributed by atoms with van der Waals surface area (Å²) >= 11 is 0. The topological polar surface area (TPSA) is 151 Å². The fourth-order valence-corrected chi connectivity index (χ4v) is 5.62. The molecule has 216 valence electrons. The molecule has 2 saturated heterocycles. The summed E-state index contributed by atoms with van der Waals surface area (Å²) in [5.74, 6) is 2.74. The van der Waals surface area contributed by atoms with Crippen molar-refractivity contribution >= 4 is 29.3 Å². The number of anilines is 3. The molecule has 2 aliphatic heterocycles. The first-order chi connectivity index (χ1) is 20.0. The third-order valence-corrected chi connectivity index (χ3v) is 7.65. The third kappa shape index (κ3) is 6.19. The van der Waals surface area contributed by atoms with Crippen molar-refractivity contribution in [3.63, 3.8) is 0 Å². The molecule has 41 heavy (non-hydrogen) atoms. The molecule has 0 bridgehead atoms. The van der Waals surface area contributed by atoms with Crippen molar-refractivity contribution in [3.05, 3.63) is 42.7 Å². The van der Waals surface area contributed by atoms with Crippen LogP contribution in [-0.4, -0.2) is 93.0 Å². The van der Waals surface area contributed by atoms with E-state index in [1.54, 1.807) is 18.4 Å². The molecule has 13 heteroatoms. The molecule has 1 atom stereocenters. The van der Waals surface area contributed by atoms with Gasteiger partial charge in [0.25, 0.3) is 5.78 Å². The molecule has 13 nitrogen and oxygen atoms in total. The summed E-state index contributed by atoms with van der Waals surface area (Å²) in [6.45, 7) is 6.91. The number of nitrogens with two attached hydrogens (primary N) is 1. The Morgan fingerprint density at radius 2 is 1.90 bits per heavy atom. The highest BCUT2D eigenvalue weighted by molar-refractivity contribution is 5.66. The first kappa shape index (κ1) is 26.8. The molecule has 6 rings (SSSR count). The number of fused-ring (bicyclic) bond motifs is 1. The van der Waals surface area contributed by atoms with Crippen molar-refractivity contribution in [2.45, 2.75) is 25.7 Å². The molecular formula is C28H35N9O4. The van der Waals surface area contributed by atoms with Gasteiger partial charge in [-0.05, 0) is 49.4 Å². The van der Waals surface area contributed by atoms with Crippen LogP contribution in [0.1, 0.15) is 25.7 Å². The zero-order valence-electron chi connectivity index (χ0n) is 22.9. The Labute approximate surface area is 237 Å². The summed E-state index contributed by atoms with van der Waals surface area (Å²) in [6, 6.07) is 11.6. The highest BCUT2D eigenvalue weighted by atomic mass is 16.5. The molecule has 2 aliphatic rings. The van der Waals surface area contributed by atoms with Crippen molar-refractivity contribution in [2.24, 2.45) is 5.92 Å². The second-order valence-electron chi connectivity index (χ2n) is 10.6. The fraction of sp³-hybridized carbons (Fsp3) is 0.464. The zero-order valence-corrected chi connectivity index (χ0v) is 22.9. The van der Waals surface area contributed by atoms with Crippen LogP contribution < -0.4 is 20.3 Å². The van der Waals surface area contributed by atoms with Crippen LogP contribution in [0.4, 0.5) is 17.6 Å². The molecule has 1 aromatic carbocycles. The number of aliphatic carboxylic acids is 1. The summed E-state index contributed by atoms with van der Waals surface area (Å²) < 4.78 is 12.8. The van der Waals surface area contributed by atoms with Crippen LogP contribution in [0.15, 0.2) is 47.1 Å². The lowest BCUT2D eigenvalue weighted by Gasteiger charge is -2.40. The van der Waals surface area contributed by atoms with E-state index in [9.17, 15) is 4.79 Å². The van der Waals surface area contributed by atoms with E-state index in [2.05, 4.69) is 40.8 Å². The maximum Gasteiger partial charge on any atom is 0.303 e. The van der Waals surface area contributed by atoms with Crippen molar-refractivity contribution in [3.8, 4) is 17.3 Å².